The highest BCUT2D eigenvalue weighted by atomic mass is 35.5. The van der Waals surface area contributed by atoms with Crippen molar-refractivity contribution in [3.8, 4) is 5.75 Å². The van der Waals surface area contributed by atoms with E-state index in [1.165, 1.54) is 6.07 Å². The maximum atomic E-state index is 12.3. The fourth-order valence-electron chi connectivity index (χ4n) is 1.97. The van der Waals surface area contributed by atoms with Crippen LogP contribution in [0.15, 0.2) is 36.4 Å². The molecule has 0 spiro atoms. The van der Waals surface area contributed by atoms with Crippen LogP contribution in [0.25, 0.3) is 0 Å². The Kier molecular flexibility index (Phi) is 4.69. The van der Waals surface area contributed by atoms with E-state index in [4.69, 9.17) is 23.2 Å². The van der Waals surface area contributed by atoms with Gasteiger partial charge in [-0.25, -0.2) is 0 Å². The third kappa shape index (κ3) is 3.73. The number of amides is 1. The van der Waals surface area contributed by atoms with E-state index in [1.54, 1.807) is 24.3 Å². The van der Waals surface area contributed by atoms with E-state index in [9.17, 15) is 9.90 Å². The molecule has 0 saturated heterocycles. The molecule has 22 heavy (non-hydrogen) atoms. The van der Waals surface area contributed by atoms with Gasteiger partial charge in [0, 0.05) is 5.02 Å². The summed E-state index contributed by atoms with van der Waals surface area (Å²) in [4.78, 5) is 12.3. The van der Waals surface area contributed by atoms with Crippen molar-refractivity contribution >= 4 is 34.8 Å². The van der Waals surface area contributed by atoms with E-state index in [-0.39, 0.29) is 16.2 Å². The minimum absolute atomic E-state index is 0.00596. The molecule has 2 aromatic carbocycles. The van der Waals surface area contributed by atoms with Crippen LogP contribution in [-0.2, 0) is 5.41 Å². The average Bonchev–Trinajstić information content (AvgIpc) is 2.39. The molecule has 3 nitrogen and oxygen atoms in total. The van der Waals surface area contributed by atoms with Gasteiger partial charge in [0.1, 0.15) is 5.75 Å². The summed E-state index contributed by atoms with van der Waals surface area (Å²) in [6.45, 7) is 6.17. The van der Waals surface area contributed by atoms with E-state index in [2.05, 4.69) is 26.1 Å². The molecule has 2 N–H and O–H groups in total. The largest absolute Gasteiger partial charge is 0.506 e. The molecule has 0 unspecified atom stereocenters. The lowest BCUT2D eigenvalue weighted by molar-refractivity contribution is 0.102. The first-order valence-corrected chi connectivity index (χ1v) is 7.54. The van der Waals surface area contributed by atoms with Crippen LogP contribution in [0.1, 0.15) is 36.7 Å². The lowest BCUT2D eigenvalue weighted by Crippen LogP contribution is -2.15. The molecular formula is C17H17Cl2NO2. The first kappa shape index (κ1) is 16.7. The molecule has 0 bridgehead atoms. The van der Waals surface area contributed by atoms with Crippen molar-refractivity contribution < 1.29 is 9.90 Å². The molecule has 2 rings (SSSR count). The Morgan fingerprint density at radius 2 is 1.77 bits per heavy atom. The number of phenolic OH excluding ortho intramolecular Hbond substituents is 1. The van der Waals surface area contributed by atoms with Gasteiger partial charge in [0.05, 0.1) is 16.3 Å². The average molecular weight is 338 g/mol. The van der Waals surface area contributed by atoms with Gasteiger partial charge >= 0.3 is 0 Å². The molecule has 0 radical (unpaired) electrons. The summed E-state index contributed by atoms with van der Waals surface area (Å²) in [6.07, 6.45) is 0. The third-order valence-electron chi connectivity index (χ3n) is 3.29. The van der Waals surface area contributed by atoms with Gasteiger partial charge in [-0.2, -0.15) is 0 Å². The number of halogens is 2. The summed E-state index contributed by atoms with van der Waals surface area (Å²) in [7, 11) is 0. The number of carbonyl (C=O) groups is 1. The second-order valence-corrected chi connectivity index (χ2v) is 6.90. The van der Waals surface area contributed by atoms with Gasteiger partial charge in [0.25, 0.3) is 5.91 Å². The maximum Gasteiger partial charge on any atom is 0.257 e. The van der Waals surface area contributed by atoms with Gasteiger partial charge in [-0.15, -0.1) is 0 Å². The summed E-state index contributed by atoms with van der Waals surface area (Å²) in [6, 6.07) is 9.80. The quantitative estimate of drug-likeness (QED) is 0.735. The van der Waals surface area contributed by atoms with Crippen molar-refractivity contribution in [3.05, 3.63) is 57.6 Å². The lowest BCUT2D eigenvalue weighted by atomic mass is 9.87. The Morgan fingerprint density at radius 1 is 1.09 bits per heavy atom. The number of carbonyl (C=O) groups excluding carboxylic acids is 1. The Hall–Kier alpha value is -1.71. The second-order valence-electron chi connectivity index (χ2n) is 6.06. The summed E-state index contributed by atoms with van der Waals surface area (Å²) in [5, 5.41) is 13.3. The van der Waals surface area contributed by atoms with E-state index in [0.717, 1.165) is 5.56 Å². The summed E-state index contributed by atoms with van der Waals surface area (Å²) >= 11 is 11.8. The number of aromatic hydroxyl groups is 1. The first-order valence-electron chi connectivity index (χ1n) is 6.78. The highest BCUT2D eigenvalue weighted by Gasteiger charge is 2.17. The summed E-state index contributed by atoms with van der Waals surface area (Å²) in [5.74, 6) is -0.394. The van der Waals surface area contributed by atoms with Crippen LogP contribution < -0.4 is 5.32 Å². The monoisotopic (exact) mass is 337 g/mol. The van der Waals surface area contributed by atoms with E-state index in [1.807, 2.05) is 6.07 Å². The summed E-state index contributed by atoms with van der Waals surface area (Å²) in [5.41, 5.74) is 1.56. The molecule has 2 aromatic rings. The third-order valence-corrected chi connectivity index (χ3v) is 3.83. The molecule has 1 amide bonds. The number of hydrogen-bond donors (Lipinski definition) is 2. The van der Waals surface area contributed by atoms with E-state index >= 15 is 0 Å². The van der Waals surface area contributed by atoms with Crippen molar-refractivity contribution in [3.63, 3.8) is 0 Å². The van der Waals surface area contributed by atoms with Crippen LogP contribution in [0.3, 0.4) is 0 Å². The Morgan fingerprint density at radius 3 is 2.36 bits per heavy atom. The van der Waals surface area contributed by atoms with Gasteiger partial charge in [0.2, 0.25) is 0 Å². The topological polar surface area (TPSA) is 49.3 Å². The van der Waals surface area contributed by atoms with Crippen molar-refractivity contribution in [1.29, 1.82) is 0 Å². The zero-order valence-electron chi connectivity index (χ0n) is 12.6. The maximum absolute atomic E-state index is 12.3. The minimum Gasteiger partial charge on any atom is -0.506 e. The summed E-state index contributed by atoms with van der Waals surface area (Å²) < 4.78 is 0. The fraction of sp³-hybridized carbons (Fsp3) is 0.235. The van der Waals surface area contributed by atoms with Crippen LogP contribution >= 0.6 is 23.2 Å². The fourth-order valence-corrected chi connectivity index (χ4v) is 2.46. The van der Waals surface area contributed by atoms with Crippen LogP contribution in [0.5, 0.6) is 5.75 Å². The number of phenols is 1. The Labute approximate surface area is 139 Å². The Balaban J connectivity index is 2.32. The van der Waals surface area contributed by atoms with E-state index in [0.29, 0.717) is 16.3 Å². The molecule has 0 fully saturated rings. The second kappa shape index (κ2) is 6.19. The zero-order valence-corrected chi connectivity index (χ0v) is 14.1. The van der Waals surface area contributed by atoms with Gasteiger partial charge < -0.3 is 10.4 Å². The normalized spacial score (nSPS) is 11.3. The predicted molar refractivity (Wildman–Crippen MR) is 91.2 cm³/mol. The van der Waals surface area contributed by atoms with Crippen molar-refractivity contribution in [2.45, 2.75) is 26.2 Å². The molecular weight excluding hydrogens is 321 g/mol. The number of nitrogens with one attached hydrogen (secondary N) is 1. The van der Waals surface area contributed by atoms with E-state index < -0.39 is 5.91 Å². The van der Waals surface area contributed by atoms with Crippen LogP contribution in [0.4, 0.5) is 5.69 Å². The lowest BCUT2D eigenvalue weighted by Gasteiger charge is -2.20. The number of rotatable bonds is 2. The molecule has 0 aliphatic rings. The van der Waals surface area contributed by atoms with Gasteiger partial charge in [0.15, 0.2) is 0 Å². The molecule has 116 valence electrons. The predicted octanol–water partition coefficient (Wildman–Crippen LogP) is 5.25. The standard InChI is InChI=1S/C17H17Cl2NO2/c1-17(2,3)10-4-7-15(21)14(8-10)20-16(22)12-6-5-11(18)9-13(12)19/h4-9,21H,1-3H3,(H,20,22). The molecule has 0 atom stereocenters. The zero-order chi connectivity index (χ0) is 16.5. The van der Waals surface area contributed by atoms with Crippen molar-refractivity contribution in [1.82, 2.24) is 0 Å². The SMILES string of the molecule is CC(C)(C)c1ccc(O)c(NC(=O)c2ccc(Cl)cc2Cl)c1. The van der Waals surface area contributed by atoms with Crippen LogP contribution in [0.2, 0.25) is 10.0 Å². The number of hydrogen-bond acceptors (Lipinski definition) is 2. The first-order chi connectivity index (χ1) is 10.2. The van der Waals surface area contributed by atoms with Gasteiger partial charge in [-0.3, -0.25) is 4.79 Å². The number of anilines is 1. The molecule has 0 aliphatic carbocycles. The Bertz CT molecular complexity index is 721. The van der Waals surface area contributed by atoms with Crippen molar-refractivity contribution in [2.24, 2.45) is 0 Å². The molecule has 5 heteroatoms. The van der Waals surface area contributed by atoms with Gasteiger partial charge in [-0.1, -0.05) is 50.0 Å². The highest BCUT2D eigenvalue weighted by Crippen LogP contribution is 2.31. The van der Waals surface area contributed by atoms with Crippen LogP contribution in [0, 0.1) is 0 Å². The smallest absolute Gasteiger partial charge is 0.257 e. The molecule has 0 aromatic heterocycles. The molecule has 0 heterocycles. The highest BCUT2D eigenvalue weighted by molar-refractivity contribution is 6.37. The molecule has 0 aliphatic heterocycles. The van der Waals surface area contributed by atoms with Crippen LogP contribution in [-0.4, -0.2) is 11.0 Å². The minimum atomic E-state index is -0.400. The molecule has 0 saturated carbocycles. The van der Waals surface area contributed by atoms with Gasteiger partial charge in [-0.05, 0) is 41.3 Å². The number of benzene rings is 2. The van der Waals surface area contributed by atoms with Crippen molar-refractivity contribution in [2.75, 3.05) is 5.32 Å².